The van der Waals surface area contributed by atoms with Gasteiger partial charge < -0.3 is 15.5 Å². The topological polar surface area (TPSA) is 66.6 Å². The van der Waals surface area contributed by atoms with Gasteiger partial charge in [0, 0.05) is 31.8 Å². The predicted octanol–water partition coefficient (Wildman–Crippen LogP) is 0.547. The average molecular weight is 287 g/mol. The van der Waals surface area contributed by atoms with Gasteiger partial charge in [0.1, 0.15) is 0 Å². The first-order valence-corrected chi connectivity index (χ1v) is 6.78. The van der Waals surface area contributed by atoms with Crippen LogP contribution in [0.2, 0.25) is 0 Å². The highest BCUT2D eigenvalue weighted by Gasteiger charge is 2.17. The number of nitrogens with two attached hydrogens (primary N) is 1. The van der Waals surface area contributed by atoms with E-state index < -0.39 is 0 Å². The van der Waals surface area contributed by atoms with E-state index in [2.05, 4.69) is 11.8 Å². The molecular weight excluding hydrogens is 266 g/mol. The summed E-state index contributed by atoms with van der Waals surface area (Å²) < 4.78 is 0. The molecule has 112 valence electrons. The van der Waals surface area contributed by atoms with Crippen LogP contribution >= 0.6 is 0 Å². The zero-order chi connectivity index (χ0) is 15.8. The third-order valence-electron chi connectivity index (χ3n) is 2.96. The molecule has 1 aromatic rings. The summed E-state index contributed by atoms with van der Waals surface area (Å²) in [4.78, 5) is 27.1. The Kier molecular flexibility index (Phi) is 6.44. The Hall–Kier alpha value is -2.32. The Balaban J connectivity index is 2.83. The van der Waals surface area contributed by atoms with Crippen LogP contribution in [0.25, 0.3) is 0 Å². The summed E-state index contributed by atoms with van der Waals surface area (Å²) in [5.41, 5.74) is 6.67. The Morgan fingerprint density at radius 1 is 1.19 bits per heavy atom. The van der Waals surface area contributed by atoms with Crippen LogP contribution in [0.3, 0.4) is 0 Å². The molecule has 0 aliphatic heterocycles. The molecule has 0 saturated carbocycles. The fraction of sp³-hybridized carbons (Fsp3) is 0.375. The average Bonchev–Trinajstić information content (AvgIpc) is 2.50. The van der Waals surface area contributed by atoms with Gasteiger partial charge in [-0.05, 0) is 31.2 Å². The van der Waals surface area contributed by atoms with E-state index in [4.69, 9.17) is 5.73 Å². The van der Waals surface area contributed by atoms with Crippen LogP contribution in [0.1, 0.15) is 22.8 Å². The van der Waals surface area contributed by atoms with Crippen molar-refractivity contribution in [2.24, 2.45) is 5.73 Å². The molecule has 2 amide bonds. The molecule has 0 aliphatic rings. The second-order valence-corrected chi connectivity index (χ2v) is 4.69. The number of hydrogen-bond acceptors (Lipinski definition) is 3. The zero-order valence-corrected chi connectivity index (χ0v) is 12.7. The van der Waals surface area contributed by atoms with Gasteiger partial charge in [-0.25, -0.2) is 0 Å². The van der Waals surface area contributed by atoms with E-state index in [-0.39, 0.29) is 18.4 Å². The van der Waals surface area contributed by atoms with Crippen molar-refractivity contribution in [3.05, 3.63) is 35.4 Å². The van der Waals surface area contributed by atoms with E-state index in [1.165, 1.54) is 9.80 Å². The number of carbonyl (C=O) groups excluding carboxylic acids is 2. The highest BCUT2D eigenvalue weighted by atomic mass is 16.2. The lowest BCUT2D eigenvalue weighted by Gasteiger charge is -2.22. The minimum absolute atomic E-state index is 0.0804. The van der Waals surface area contributed by atoms with Crippen LogP contribution in [0.4, 0.5) is 0 Å². The predicted molar refractivity (Wildman–Crippen MR) is 82.6 cm³/mol. The van der Waals surface area contributed by atoms with Crippen LogP contribution in [0.5, 0.6) is 0 Å². The Morgan fingerprint density at radius 2 is 1.81 bits per heavy atom. The summed E-state index contributed by atoms with van der Waals surface area (Å²) >= 11 is 0. The molecule has 0 fully saturated rings. The number of likely N-dealkylation sites (N-methyl/N-ethyl adjacent to an activating group) is 2. The van der Waals surface area contributed by atoms with Crippen LogP contribution in [0, 0.1) is 11.8 Å². The molecule has 0 aromatic heterocycles. The number of benzene rings is 1. The molecule has 0 unspecified atom stereocenters. The third kappa shape index (κ3) is 4.93. The molecular formula is C16H21N3O2. The summed E-state index contributed by atoms with van der Waals surface area (Å²) in [6.45, 7) is 2.71. The third-order valence-corrected chi connectivity index (χ3v) is 2.96. The number of amides is 2. The first-order valence-electron chi connectivity index (χ1n) is 6.78. The monoisotopic (exact) mass is 287 g/mol. The van der Waals surface area contributed by atoms with Gasteiger partial charge in [-0.1, -0.05) is 11.8 Å². The van der Waals surface area contributed by atoms with E-state index in [1.807, 2.05) is 6.92 Å². The Bertz CT molecular complexity index is 553. The molecule has 0 heterocycles. The Morgan fingerprint density at radius 3 is 2.29 bits per heavy atom. The molecule has 0 spiro atoms. The first kappa shape index (κ1) is 16.7. The van der Waals surface area contributed by atoms with E-state index in [9.17, 15) is 9.59 Å². The lowest BCUT2D eigenvalue weighted by molar-refractivity contribution is -0.129. The van der Waals surface area contributed by atoms with Gasteiger partial charge in [0.15, 0.2) is 0 Å². The molecule has 0 atom stereocenters. The van der Waals surface area contributed by atoms with Gasteiger partial charge in [0.2, 0.25) is 5.91 Å². The van der Waals surface area contributed by atoms with Gasteiger partial charge in [-0.2, -0.15) is 0 Å². The van der Waals surface area contributed by atoms with Gasteiger partial charge in [-0.15, -0.1) is 0 Å². The quantitative estimate of drug-likeness (QED) is 0.822. The van der Waals surface area contributed by atoms with Crippen molar-refractivity contribution in [3.63, 3.8) is 0 Å². The van der Waals surface area contributed by atoms with Gasteiger partial charge >= 0.3 is 0 Å². The number of rotatable bonds is 4. The normalized spacial score (nSPS) is 9.52. The molecule has 0 bridgehead atoms. The van der Waals surface area contributed by atoms with E-state index >= 15 is 0 Å². The fourth-order valence-corrected chi connectivity index (χ4v) is 1.66. The molecule has 0 aliphatic carbocycles. The van der Waals surface area contributed by atoms with Gasteiger partial charge in [0.05, 0.1) is 13.1 Å². The smallest absolute Gasteiger partial charge is 0.254 e. The lowest BCUT2D eigenvalue weighted by Crippen LogP contribution is -2.40. The number of carbonyl (C=O) groups is 2. The first-order chi connectivity index (χ1) is 9.99. The second kappa shape index (κ2) is 8.08. The summed E-state index contributed by atoms with van der Waals surface area (Å²) in [7, 11) is 3.34. The summed E-state index contributed by atoms with van der Waals surface area (Å²) in [5.74, 6) is 5.40. The van der Waals surface area contributed by atoms with Crippen LogP contribution in [0.15, 0.2) is 24.3 Å². The van der Waals surface area contributed by atoms with E-state index in [0.717, 1.165) is 5.56 Å². The second-order valence-electron chi connectivity index (χ2n) is 4.69. The Labute approximate surface area is 125 Å². The van der Waals surface area contributed by atoms with Crippen molar-refractivity contribution in [2.75, 3.05) is 33.7 Å². The van der Waals surface area contributed by atoms with Crippen LogP contribution < -0.4 is 5.73 Å². The molecule has 5 heteroatoms. The number of hydrogen-bond donors (Lipinski definition) is 1. The molecule has 0 saturated heterocycles. The molecule has 2 N–H and O–H groups in total. The van der Waals surface area contributed by atoms with Crippen molar-refractivity contribution in [3.8, 4) is 11.8 Å². The van der Waals surface area contributed by atoms with E-state index in [1.54, 1.807) is 38.4 Å². The van der Waals surface area contributed by atoms with E-state index in [0.29, 0.717) is 18.7 Å². The van der Waals surface area contributed by atoms with Crippen LogP contribution in [-0.4, -0.2) is 55.3 Å². The fourth-order valence-electron chi connectivity index (χ4n) is 1.66. The molecule has 1 aromatic carbocycles. The minimum atomic E-state index is -0.161. The summed E-state index contributed by atoms with van der Waals surface area (Å²) in [6.07, 6.45) is 0. The molecule has 0 radical (unpaired) electrons. The standard InChI is InChI=1S/C16H21N3O2/c1-4-19(12-15(20)18(2)3)16(21)14-9-7-13(8-10-14)6-5-11-17/h7-10H,4,11-12,17H2,1-3H3. The van der Waals surface area contributed by atoms with Crippen LogP contribution in [-0.2, 0) is 4.79 Å². The molecule has 1 rings (SSSR count). The molecule has 21 heavy (non-hydrogen) atoms. The maximum absolute atomic E-state index is 12.4. The largest absolute Gasteiger partial charge is 0.347 e. The molecule has 5 nitrogen and oxygen atoms in total. The van der Waals surface area contributed by atoms with Crippen molar-refractivity contribution < 1.29 is 9.59 Å². The maximum atomic E-state index is 12.4. The minimum Gasteiger partial charge on any atom is -0.347 e. The van der Waals surface area contributed by atoms with Crippen molar-refractivity contribution in [2.45, 2.75) is 6.92 Å². The van der Waals surface area contributed by atoms with Gasteiger partial charge in [-0.3, -0.25) is 9.59 Å². The van der Waals surface area contributed by atoms with Crippen molar-refractivity contribution in [1.29, 1.82) is 0 Å². The van der Waals surface area contributed by atoms with Crippen molar-refractivity contribution in [1.82, 2.24) is 9.80 Å². The highest BCUT2D eigenvalue weighted by Crippen LogP contribution is 2.07. The zero-order valence-electron chi connectivity index (χ0n) is 12.7. The SMILES string of the molecule is CCN(CC(=O)N(C)C)C(=O)c1ccc(C#CCN)cc1. The van der Waals surface area contributed by atoms with Crippen molar-refractivity contribution >= 4 is 11.8 Å². The summed E-state index contributed by atoms with van der Waals surface area (Å²) in [6, 6.07) is 6.98. The maximum Gasteiger partial charge on any atom is 0.254 e. The highest BCUT2D eigenvalue weighted by molar-refractivity contribution is 5.96. The lowest BCUT2D eigenvalue weighted by atomic mass is 10.1. The van der Waals surface area contributed by atoms with Gasteiger partial charge in [0.25, 0.3) is 5.91 Å². The number of nitrogens with zero attached hydrogens (tertiary/aromatic N) is 2. The summed E-state index contributed by atoms with van der Waals surface area (Å²) in [5, 5.41) is 0.